The van der Waals surface area contributed by atoms with Crippen LogP contribution in [0.15, 0.2) is 29.6 Å². The molecule has 0 atom stereocenters. The van der Waals surface area contributed by atoms with E-state index < -0.39 is 39.1 Å². The van der Waals surface area contributed by atoms with Gasteiger partial charge in [-0.25, -0.2) is 9.71 Å². The van der Waals surface area contributed by atoms with Crippen molar-refractivity contribution in [1.29, 1.82) is 0 Å². The Kier molecular flexibility index (Phi) is 4.85. The SMILES string of the molecule is Cn1cc(Cl)c(CC(=O)NS(=O)(=O)c2ccc(C(F)(F)F)cn2)n1. The van der Waals surface area contributed by atoms with Gasteiger partial charge in [-0.1, -0.05) is 11.6 Å². The molecule has 130 valence electrons. The molecule has 0 radical (unpaired) electrons. The number of aromatic nitrogens is 3. The zero-order valence-corrected chi connectivity index (χ0v) is 13.6. The maximum absolute atomic E-state index is 12.4. The fraction of sp³-hybridized carbons (Fsp3) is 0.250. The molecule has 0 aliphatic heterocycles. The van der Waals surface area contributed by atoms with Crippen LogP contribution in [0.5, 0.6) is 0 Å². The molecule has 0 spiro atoms. The first-order valence-electron chi connectivity index (χ1n) is 6.26. The number of rotatable bonds is 4. The number of carbonyl (C=O) groups is 1. The van der Waals surface area contributed by atoms with E-state index in [0.717, 1.165) is 0 Å². The van der Waals surface area contributed by atoms with Crippen LogP contribution in [0.2, 0.25) is 5.02 Å². The van der Waals surface area contributed by atoms with Gasteiger partial charge in [0.15, 0.2) is 5.03 Å². The Balaban J connectivity index is 2.13. The van der Waals surface area contributed by atoms with Gasteiger partial charge in [0.2, 0.25) is 5.91 Å². The van der Waals surface area contributed by atoms with Crippen molar-refractivity contribution in [2.24, 2.45) is 7.05 Å². The van der Waals surface area contributed by atoms with Crippen molar-refractivity contribution >= 4 is 27.5 Å². The number of aryl methyl sites for hydroxylation is 1. The van der Waals surface area contributed by atoms with Crippen molar-refractivity contribution in [3.05, 3.63) is 40.8 Å². The third-order valence-corrected chi connectivity index (χ3v) is 4.37. The molecule has 0 bridgehead atoms. The predicted molar refractivity (Wildman–Crippen MR) is 76.5 cm³/mol. The lowest BCUT2D eigenvalue weighted by molar-refractivity contribution is -0.137. The highest BCUT2D eigenvalue weighted by molar-refractivity contribution is 7.90. The number of amides is 1. The lowest BCUT2D eigenvalue weighted by Gasteiger charge is -2.08. The van der Waals surface area contributed by atoms with Crippen molar-refractivity contribution < 1.29 is 26.4 Å². The molecule has 0 saturated heterocycles. The molecular weight excluding hydrogens is 373 g/mol. The number of pyridine rings is 1. The first kappa shape index (κ1) is 18.2. The molecule has 0 unspecified atom stereocenters. The zero-order chi connectivity index (χ0) is 18.1. The van der Waals surface area contributed by atoms with E-state index in [9.17, 15) is 26.4 Å². The van der Waals surface area contributed by atoms with E-state index >= 15 is 0 Å². The summed E-state index contributed by atoms with van der Waals surface area (Å²) in [5.41, 5.74) is -0.944. The molecule has 1 N–H and O–H groups in total. The van der Waals surface area contributed by atoms with Crippen molar-refractivity contribution in [3.63, 3.8) is 0 Å². The minimum Gasteiger partial charge on any atom is -0.274 e. The summed E-state index contributed by atoms with van der Waals surface area (Å²) in [6.07, 6.45) is -3.27. The van der Waals surface area contributed by atoms with E-state index in [0.29, 0.717) is 18.3 Å². The summed E-state index contributed by atoms with van der Waals surface area (Å²) < 4.78 is 64.2. The fourth-order valence-electron chi connectivity index (χ4n) is 1.72. The summed E-state index contributed by atoms with van der Waals surface area (Å²) in [7, 11) is -2.84. The number of hydrogen-bond donors (Lipinski definition) is 1. The highest BCUT2D eigenvalue weighted by atomic mass is 35.5. The second-order valence-electron chi connectivity index (χ2n) is 4.69. The van der Waals surface area contributed by atoms with Crippen molar-refractivity contribution in [1.82, 2.24) is 19.5 Å². The van der Waals surface area contributed by atoms with E-state index in [1.807, 2.05) is 0 Å². The lowest BCUT2D eigenvalue weighted by atomic mass is 10.3. The molecular formula is C12H10ClF3N4O3S. The van der Waals surface area contributed by atoms with Gasteiger partial charge in [0.25, 0.3) is 10.0 Å². The normalized spacial score (nSPS) is 12.2. The summed E-state index contributed by atoms with van der Waals surface area (Å²) >= 11 is 5.81. The number of carbonyl (C=O) groups excluding carboxylic acids is 1. The maximum Gasteiger partial charge on any atom is 0.417 e. The summed E-state index contributed by atoms with van der Waals surface area (Å²) in [6, 6.07) is 1.22. The third kappa shape index (κ3) is 4.23. The average Bonchev–Trinajstić information content (AvgIpc) is 2.75. The second kappa shape index (κ2) is 6.40. The van der Waals surface area contributed by atoms with Crippen molar-refractivity contribution in [3.8, 4) is 0 Å². The average molecular weight is 383 g/mol. The van der Waals surface area contributed by atoms with Crippen LogP contribution in [-0.2, 0) is 34.5 Å². The molecule has 12 heteroatoms. The second-order valence-corrected chi connectivity index (χ2v) is 6.72. The Hall–Kier alpha value is -2.14. The topological polar surface area (TPSA) is 94.0 Å². The monoisotopic (exact) mass is 382 g/mol. The van der Waals surface area contributed by atoms with Gasteiger partial charge in [0, 0.05) is 19.4 Å². The molecule has 0 fully saturated rings. The summed E-state index contributed by atoms with van der Waals surface area (Å²) in [4.78, 5) is 15.0. The smallest absolute Gasteiger partial charge is 0.274 e. The number of hydrogen-bond acceptors (Lipinski definition) is 5. The minimum atomic E-state index is -4.64. The van der Waals surface area contributed by atoms with Crippen LogP contribution in [0.1, 0.15) is 11.3 Å². The van der Waals surface area contributed by atoms with Crippen molar-refractivity contribution in [2.45, 2.75) is 17.6 Å². The minimum absolute atomic E-state index is 0.159. The predicted octanol–water partition coefficient (Wildman–Crippen LogP) is 1.53. The summed E-state index contributed by atoms with van der Waals surface area (Å²) in [5.74, 6) is -0.947. The highest BCUT2D eigenvalue weighted by Crippen LogP contribution is 2.28. The van der Waals surface area contributed by atoms with Crippen LogP contribution in [0, 0.1) is 0 Å². The number of nitrogens with zero attached hydrogens (tertiary/aromatic N) is 3. The van der Waals surface area contributed by atoms with Crippen LogP contribution in [0.4, 0.5) is 13.2 Å². The van der Waals surface area contributed by atoms with Crippen LogP contribution < -0.4 is 4.72 Å². The van der Waals surface area contributed by atoms with Crippen LogP contribution in [0.3, 0.4) is 0 Å². The molecule has 2 heterocycles. The Morgan fingerprint density at radius 3 is 2.50 bits per heavy atom. The Morgan fingerprint density at radius 1 is 1.38 bits per heavy atom. The van der Waals surface area contributed by atoms with Gasteiger partial charge in [-0.3, -0.25) is 9.48 Å². The molecule has 0 saturated carbocycles. The van der Waals surface area contributed by atoms with E-state index in [-0.39, 0.29) is 10.7 Å². The maximum atomic E-state index is 12.4. The van der Waals surface area contributed by atoms with E-state index in [2.05, 4.69) is 10.1 Å². The lowest BCUT2D eigenvalue weighted by Crippen LogP contribution is -2.32. The van der Waals surface area contributed by atoms with Gasteiger partial charge in [0.1, 0.15) is 0 Å². The number of alkyl halides is 3. The van der Waals surface area contributed by atoms with Gasteiger partial charge in [0.05, 0.1) is 22.7 Å². The van der Waals surface area contributed by atoms with E-state index in [1.165, 1.54) is 10.9 Å². The molecule has 0 aliphatic rings. The van der Waals surface area contributed by atoms with Crippen LogP contribution in [0.25, 0.3) is 0 Å². The molecule has 0 aliphatic carbocycles. The number of sulfonamides is 1. The molecule has 1 amide bonds. The van der Waals surface area contributed by atoms with Crippen LogP contribution in [-0.4, -0.2) is 29.1 Å². The Bertz CT molecular complexity index is 863. The van der Waals surface area contributed by atoms with Crippen LogP contribution >= 0.6 is 11.6 Å². The van der Waals surface area contributed by atoms with Gasteiger partial charge in [-0.2, -0.15) is 26.7 Å². The summed E-state index contributed by atoms with van der Waals surface area (Å²) in [6.45, 7) is 0. The number of halogens is 4. The zero-order valence-electron chi connectivity index (χ0n) is 12.0. The molecule has 7 nitrogen and oxygen atoms in total. The van der Waals surface area contributed by atoms with Crippen molar-refractivity contribution in [2.75, 3.05) is 0 Å². The Morgan fingerprint density at radius 2 is 2.04 bits per heavy atom. The van der Waals surface area contributed by atoms with Gasteiger partial charge < -0.3 is 0 Å². The van der Waals surface area contributed by atoms with Gasteiger partial charge in [-0.15, -0.1) is 0 Å². The first-order valence-corrected chi connectivity index (χ1v) is 8.12. The molecule has 2 aromatic rings. The summed E-state index contributed by atoms with van der Waals surface area (Å²) in [5, 5.41) is 3.35. The molecule has 0 aromatic carbocycles. The quantitative estimate of drug-likeness (QED) is 0.865. The van der Waals surface area contributed by atoms with Gasteiger partial charge >= 0.3 is 6.18 Å². The standard InChI is InChI=1S/C12H10ClF3N4O3S/c1-20-6-8(13)9(18-20)4-10(21)19-24(22,23)11-3-2-7(5-17-11)12(14,15)16/h2-3,5-6H,4H2,1H3,(H,19,21). The molecule has 2 rings (SSSR count). The third-order valence-electron chi connectivity index (χ3n) is 2.77. The highest BCUT2D eigenvalue weighted by Gasteiger charge is 2.31. The number of nitrogens with one attached hydrogen (secondary N) is 1. The molecule has 24 heavy (non-hydrogen) atoms. The fourth-order valence-corrected chi connectivity index (χ4v) is 2.88. The first-order chi connectivity index (χ1) is 11.0. The Labute approximate surface area is 139 Å². The van der Waals surface area contributed by atoms with Gasteiger partial charge in [-0.05, 0) is 12.1 Å². The molecule has 2 aromatic heterocycles. The van der Waals surface area contributed by atoms with E-state index in [4.69, 9.17) is 11.6 Å². The largest absolute Gasteiger partial charge is 0.417 e. The van der Waals surface area contributed by atoms with E-state index in [1.54, 1.807) is 11.8 Å².